The number of hydrogen-bond donors (Lipinski definition) is 1. The molecule has 2 rings (SSSR count). The van der Waals surface area contributed by atoms with Crippen molar-refractivity contribution in [3.63, 3.8) is 0 Å². The molecule has 2 aromatic carbocycles. The number of benzene rings is 2. The van der Waals surface area contributed by atoms with Gasteiger partial charge in [-0.2, -0.15) is 0 Å². The lowest BCUT2D eigenvalue weighted by Crippen LogP contribution is -2.14. The average Bonchev–Trinajstić information content (AvgIpc) is 2.47. The highest BCUT2D eigenvalue weighted by Crippen LogP contribution is 2.41. The van der Waals surface area contributed by atoms with Gasteiger partial charge in [0.25, 0.3) is 0 Å². The summed E-state index contributed by atoms with van der Waals surface area (Å²) in [6.45, 7) is 1.71. The quantitative estimate of drug-likeness (QED) is 0.668. The van der Waals surface area contributed by atoms with Crippen LogP contribution in [0.15, 0.2) is 48.5 Å². The van der Waals surface area contributed by atoms with E-state index in [-0.39, 0.29) is 0 Å². The normalized spacial score (nSPS) is 13.6. The summed E-state index contributed by atoms with van der Waals surface area (Å²) in [4.78, 5) is 0. The van der Waals surface area contributed by atoms with Gasteiger partial charge in [0.15, 0.2) is 7.29 Å². The number of anilines is 1. The van der Waals surface area contributed by atoms with Gasteiger partial charge in [-0.15, -0.1) is 11.6 Å². The molecule has 1 atom stereocenters. The van der Waals surface area contributed by atoms with Crippen molar-refractivity contribution in [3.8, 4) is 5.75 Å². The van der Waals surface area contributed by atoms with Crippen LogP contribution in [0, 0.1) is 0 Å². The molecule has 0 saturated heterocycles. The summed E-state index contributed by atoms with van der Waals surface area (Å²) < 4.78 is 18.0. The Morgan fingerprint density at radius 3 is 2.40 bits per heavy atom. The Labute approximate surface area is 124 Å². The number of ether oxygens (including phenoxy) is 1. The summed E-state index contributed by atoms with van der Waals surface area (Å²) in [5, 5.41) is 3.87. The Morgan fingerprint density at radius 2 is 1.80 bits per heavy atom. The van der Waals surface area contributed by atoms with Crippen LogP contribution in [0.25, 0.3) is 0 Å². The zero-order chi connectivity index (χ0) is 14.6. The minimum Gasteiger partial charge on any atom is -0.497 e. The first-order valence-electron chi connectivity index (χ1n) is 6.21. The number of halogens is 1. The second-order valence-corrected chi connectivity index (χ2v) is 7.35. The van der Waals surface area contributed by atoms with Gasteiger partial charge in [0, 0.05) is 23.5 Å². The van der Waals surface area contributed by atoms with Crippen molar-refractivity contribution in [3.05, 3.63) is 54.1 Å². The van der Waals surface area contributed by atoms with E-state index in [0.717, 1.165) is 22.3 Å². The summed E-state index contributed by atoms with van der Waals surface area (Å²) in [5.74, 6) is 1.11. The van der Waals surface area contributed by atoms with Crippen molar-refractivity contribution >= 4 is 29.9 Å². The van der Waals surface area contributed by atoms with Crippen LogP contribution in [-0.2, 0) is 10.4 Å². The second kappa shape index (κ2) is 6.34. The molecule has 5 heteroatoms. The van der Waals surface area contributed by atoms with Crippen LogP contribution >= 0.6 is 18.9 Å². The molecule has 1 unspecified atom stereocenters. The lowest BCUT2D eigenvalue weighted by atomic mass is 10.2. The maximum atomic E-state index is 12.9. The molecule has 0 fully saturated rings. The van der Waals surface area contributed by atoms with Crippen molar-refractivity contribution in [2.24, 2.45) is 0 Å². The largest absolute Gasteiger partial charge is 0.497 e. The molecule has 2 aromatic rings. The molecular weight excluding hydrogens is 293 g/mol. The predicted octanol–water partition coefficient (Wildman–Crippen LogP) is 4.08. The minimum absolute atomic E-state index is 0.346. The Balaban J connectivity index is 2.28. The molecule has 3 nitrogen and oxygen atoms in total. The van der Waals surface area contributed by atoms with Gasteiger partial charge in [0.2, 0.25) is 0 Å². The SMILES string of the molecule is COc1ccc(NP(C)(=O)c2ccccc2CCl)cc1. The van der Waals surface area contributed by atoms with Gasteiger partial charge in [0.05, 0.1) is 7.11 Å². The molecule has 0 aromatic heterocycles. The van der Waals surface area contributed by atoms with Crippen LogP contribution in [0.4, 0.5) is 5.69 Å². The van der Waals surface area contributed by atoms with Gasteiger partial charge in [-0.1, -0.05) is 18.2 Å². The number of rotatable bonds is 5. The molecule has 0 bridgehead atoms. The number of nitrogens with one attached hydrogen (secondary N) is 1. The van der Waals surface area contributed by atoms with Crippen molar-refractivity contribution in [2.45, 2.75) is 5.88 Å². The predicted molar refractivity (Wildman–Crippen MR) is 85.8 cm³/mol. The number of methoxy groups -OCH3 is 1. The molecule has 20 heavy (non-hydrogen) atoms. The van der Waals surface area contributed by atoms with Crippen molar-refractivity contribution in [2.75, 3.05) is 18.9 Å². The first-order valence-corrected chi connectivity index (χ1v) is 8.90. The molecule has 0 aliphatic rings. The van der Waals surface area contributed by atoms with Gasteiger partial charge < -0.3 is 9.82 Å². The van der Waals surface area contributed by atoms with Gasteiger partial charge in [-0.05, 0) is 35.9 Å². The van der Waals surface area contributed by atoms with Crippen molar-refractivity contribution in [1.29, 1.82) is 0 Å². The third-order valence-corrected chi connectivity index (χ3v) is 5.36. The third kappa shape index (κ3) is 3.36. The van der Waals surface area contributed by atoms with Gasteiger partial charge in [-0.3, -0.25) is 4.57 Å². The standard InChI is InChI=1S/C15H17ClNO2P/c1-19-14-9-7-13(8-10-14)17-20(2,18)15-6-4-3-5-12(15)11-16/h3-10H,11H2,1-2H3,(H,17,18). The molecule has 0 radical (unpaired) electrons. The van der Waals surface area contributed by atoms with Crippen molar-refractivity contribution < 1.29 is 9.30 Å². The number of hydrogen-bond acceptors (Lipinski definition) is 2. The summed E-state index contributed by atoms with van der Waals surface area (Å²) in [6, 6.07) is 14.9. The van der Waals surface area contributed by atoms with Gasteiger partial charge in [-0.25, -0.2) is 0 Å². The van der Waals surface area contributed by atoms with E-state index in [4.69, 9.17) is 16.3 Å². The van der Waals surface area contributed by atoms with E-state index in [1.54, 1.807) is 13.8 Å². The molecule has 0 aliphatic carbocycles. The summed E-state index contributed by atoms with van der Waals surface area (Å²) in [7, 11) is -1.10. The first kappa shape index (κ1) is 15.0. The molecule has 0 heterocycles. The fraction of sp³-hybridized carbons (Fsp3) is 0.200. The molecule has 0 aliphatic heterocycles. The summed E-state index contributed by atoms with van der Waals surface area (Å²) in [6.07, 6.45) is 0. The number of alkyl halides is 1. The van der Waals surface area contributed by atoms with E-state index in [2.05, 4.69) is 5.09 Å². The molecule has 1 N–H and O–H groups in total. The smallest absolute Gasteiger partial charge is 0.195 e. The minimum atomic E-state index is -2.72. The van der Waals surface area contributed by atoms with E-state index in [0.29, 0.717) is 5.88 Å². The lowest BCUT2D eigenvalue weighted by molar-refractivity contribution is 0.415. The molecule has 0 spiro atoms. The summed E-state index contributed by atoms with van der Waals surface area (Å²) >= 11 is 5.92. The Kier molecular flexibility index (Phi) is 4.74. The Hall–Kier alpha value is -1.44. The zero-order valence-electron chi connectivity index (χ0n) is 11.5. The van der Waals surface area contributed by atoms with Crippen LogP contribution in [0.1, 0.15) is 5.56 Å². The summed E-state index contributed by atoms with van der Waals surface area (Å²) in [5.41, 5.74) is 1.68. The van der Waals surface area contributed by atoms with Gasteiger partial charge >= 0.3 is 0 Å². The second-order valence-electron chi connectivity index (χ2n) is 4.53. The first-order chi connectivity index (χ1) is 9.56. The Bertz CT molecular complexity index is 628. The van der Waals surface area contributed by atoms with Crippen molar-refractivity contribution in [1.82, 2.24) is 0 Å². The van der Waals surface area contributed by atoms with E-state index in [1.807, 2.05) is 48.5 Å². The fourth-order valence-corrected chi connectivity index (χ4v) is 4.17. The fourth-order valence-electron chi connectivity index (χ4n) is 2.01. The van der Waals surface area contributed by atoms with Gasteiger partial charge in [0.1, 0.15) is 5.75 Å². The third-order valence-electron chi connectivity index (χ3n) is 3.03. The highest BCUT2D eigenvalue weighted by molar-refractivity contribution is 7.72. The highest BCUT2D eigenvalue weighted by atomic mass is 35.5. The maximum absolute atomic E-state index is 12.9. The molecule has 106 valence electrons. The van der Waals surface area contributed by atoms with Crippen LogP contribution in [0.5, 0.6) is 5.75 Å². The molecular formula is C15H17ClNO2P. The topological polar surface area (TPSA) is 38.3 Å². The Morgan fingerprint density at radius 1 is 1.15 bits per heavy atom. The monoisotopic (exact) mass is 309 g/mol. The molecule has 0 amide bonds. The highest BCUT2D eigenvalue weighted by Gasteiger charge is 2.21. The van der Waals surface area contributed by atoms with Crippen LogP contribution in [-0.4, -0.2) is 13.8 Å². The van der Waals surface area contributed by atoms with E-state index in [9.17, 15) is 4.57 Å². The van der Waals surface area contributed by atoms with E-state index >= 15 is 0 Å². The van der Waals surface area contributed by atoms with Crippen LogP contribution in [0.2, 0.25) is 0 Å². The average molecular weight is 310 g/mol. The van der Waals surface area contributed by atoms with Crippen LogP contribution < -0.4 is 15.1 Å². The zero-order valence-corrected chi connectivity index (χ0v) is 13.1. The van der Waals surface area contributed by atoms with Crippen LogP contribution in [0.3, 0.4) is 0 Å². The van der Waals surface area contributed by atoms with E-state index in [1.165, 1.54) is 0 Å². The van der Waals surface area contributed by atoms with E-state index < -0.39 is 7.29 Å². The maximum Gasteiger partial charge on any atom is 0.195 e. The molecule has 0 saturated carbocycles. The lowest BCUT2D eigenvalue weighted by Gasteiger charge is -2.19.